The third-order valence-corrected chi connectivity index (χ3v) is 7.49. The third-order valence-electron chi connectivity index (χ3n) is 4.81. The molecule has 1 aromatic heterocycles. The molecular formula is C21H17ClF3N3OS2. The SMILES string of the molecule is CCSC1NC(=O)C(=C(Cc2ccc(Cl)cc2C(F)(F)F)c2ccc3[nH]ncc3c2)S1. The van der Waals surface area contributed by atoms with E-state index in [0.717, 1.165) is 22.7 Å². The minimum Gasteiger partial charge on any atom is -0.331 e. The first-order chi connectivity index (χ1) is 14.8. The fraction of sp³-hybridized carbons (Fsp3) is 0.238. The zero-order valence-corrected chi connectivity index (χ0v) is 18.6. The van der Waals surface area contributed by atoms with Crippen molar-refractivity contribution in [3.8, 4) is 0 Å². The Labute approximate surface area is 190 Å². The standard InChI is InChI=1S/C21H17ClF3N3OS2/c1-2-30-20-27-19(29)18(31-20)15(11-4-6-17-13(7-11)10-26-28-17)8-12-3-5-14(22)9-16(12)21(23,24)25/h3-7,9-10,20H,2,8H2,1H3,(H,26,28)(H,27,29). The second-order valence-electron chi connectivity index (χ2n) is 6.83. The summed E-state index contributed by atoms with van der Waals surface area (Å²) in [5.41, 5.74) is 1.28. The summed E-state index contributed by atoms with van der Waals surface area (Å²) in [6.45, 7) is 1.98. The number of aromatic amines is 1. The number of hydrogen-bond donors (Lipinski definition) is 2. The van der Waals surface area contributed by atoms with Crippen LogP contribution in [0.1, 0.15) is 23.6 Å². The Morgan fingerprint density at radius 2 is 2.06 bits per heavy atom. The predicted molar refractivity (Wildman–Crippen MR) is 121 cm³/mol. The molecule has 1 amide bonds. The van der Waals surface area contributed by atoms with Crippen molar-refractivity contribution in [3.63, 3.8) is 0 Å². The van der Waals surface area contributed by atoms with Crippen molar-refractivity contribution in [2.75, 3.05) is 5.75 Å². The quantitative estimate of drug-likeness (QED) is 0.431. The van der Waals surface area contributed by atoms with E-state index in [-0.39, 0.29) is 27.6 Å². The van der Waals surface area contributed by atoms with Crippen LogP contribution in [0.2, 0.25) is 5.02 Å². The summed E-state index contributed by atoms with van der Waals surface area (Å²) in [6.07, 6.45) is -2.98. The topological polar surface area (TPSA) is 57.8 Å². The molecule has 1 fully saturated rings. The van der Waals surface area contributed by atoms with E-state index >= 15 is 0 Å². The van der Waals surface area contributed by atoms with E-state index in [0.29, 0.717) is 16.0 Å². The largest absolute Gasteiger partial charge is 0.416 e. The second kappa shape index (κ2) is 8.80. The van der Waals surface area contributed by atoms with Gasteiger partial charge >= 0.3 is 6.18 Å². The number of carbonyl (C=O) groups is 1. The van der Waals surface area contributed by atoms with E-state index in [1.54, 1.807) is 30.1 Å². The number of fused-ring (bicyclic) bond motifs is 1. The molecule has 4 rings (SSSR count). The fourth-order valence-electron chi connectivity index (χ4n) is 3.40. The van der Waals surface area contributed by atoms with Crippen LogP contribution in [0.4, 0.5) is 13.2 Å². The molecular weight excluding hydrogens is 467 g/mol. The summed E-state index contributed by atoms with van der Waals surface area (Å²) in [6, 6.07) is 9.17. The number of halogens is 4. The van der Waals surface area contributed by atoms with Crippen LogP contribution in [0.15, 0.2) is 47.5 Å². The number of nitrogens with zero attached hydrogens (tertiary/aromatic N) is 1. The average molecular weight is 484 g/mol. The van der Waals surface area contributed by atoms with Crippen LogP contribution in [0, 0.1) is 0 Å². The van der Waals surface area contributed by atoms with Gasteiger partial charge in [-0.25, -0.2) is 0 Å². The summed E-state index contributed by atoms with van der Waals surface area (Å²) in [5, 5.41) is 10.6. The first kappa shape index (κ1) is 22.1. The lowest BCUT2D eigenvalue weighted by atomic mass is 9.93. The summed E-state index contributed by atoms with van der Waals surface area (Å²) >= 11 is 8.74. The normalized spacial score (nSPS) is 18.5. The van der Waals surface area contributed by atoms with Crippen LogP contribution in [0.5, 0.6) is 0 Å². The van der Waals surface area contributed by atoms with Crippen LogP contribution in [0.3, 0.4) is 0 Å². The van der Waals surface area contributed by atoms with Gasteiger partial charge in [0.1, 0.15) is 4.71 Å². The van der Waals surface area contributed by atoms with Gasteiger partial charge in [-0.15, -0.1) is 11.8 Å². The van der Waals surface area contributed by atoms with Gasteiger partial charge < -0.3 is 5.32 Å². The number of allylic oxidation sites excluding steroid dienone is 1. The molecule has 1 saturated heterocycles. The molecule has 10 heteroatoms. The number of aromatic nitrogens is 2. The molecule has 0 bridgehead atoms. The summed E-state index contributed by atoms with van der Waals surface area (Å²) in [4.78, 5) is 13.2. The van der Waals surface area contributed by atoms with Crippen LogP contribution >= 0.6 is 35.1 Å². The van der Waals surface area contributed by atoms with Crippen molar-refractivity contribution < 1.29 is 18.0 Å². The second-order valence-corrected chi connectivity index (χ2v) is 10.1. The Morgan fingerprint density at radius 3 is 2.81 bits per heavy atom. The molecule has 1 unspecified atom stereocenters. The van der Waals surface area contributed by atoms with E-state index in [1.807, 2.05) is 13.0 Å². The number of alkyl halides is 3. The minimum absolute atomic E-state index is 0.0116. The van der Waals surface area contributed by atoms with Crippen LogP contribution in [0.25, 0.3) is 16.5 Å². The zero-order valence-electron chi connectivity index (χ0n) is 16.2. The Balaban J connectivity index is 1.84. The van der Waals surface area contributed by atoms with E-state index in [9.17, 15) is 18.0 Å². The summed E-state index contributed by atoms with van der Waals surface area (Å²) in [5.74, 6) is 0.525. The number of thioether (sulfide) groups is 2. The minimum atomic E-state index is -4.56. The molecule has 1 aliphatic rings. The number of carbonyl (C=O) groups excluding carboxylic acids is 1. The van der Waals surface area contributed by atoms with Gasteiger partial charge in [-0.2, -0.15) is 18.3 Å². The molecule has 3 aromatic rings. The molecule has 4 nitrogen and oxygen atoms in total. The summed E-state index contributed by atoms with van der Waals surface area (Å²) in [7, 11) is 0. The number of hydrogen-bond acceptors (Lipinski definition) is 4. The van der Waals surface area contributed by atoms with E-state index in [4.69, 9.17) is 11.6 Å². The molecule has 2 N–H and O–H groups in total. The highest BCUT2D eigenvalue weighted by Crippen LogP contribution is 2.42. The molecule has 0 saturated carbocycles. The van der Waals surface area contributed by atoms with E-state index in [1.165, 1.54) is 23.9 Å². The van der Waals surface area contributed by atoms with Crippen molar-refractivity contribution in [3.05, 3.63) is 69.2 Å². The first-order valence-electron chi connectivity index (χ1n) is 9.37. The lowest BCUT2D eigenvalue weighted by Crippen LogP contribution is -2.22. The number of nitrogens with one attached hydrogen (secondary N) is 2. The number of amides is 1. The van der Waals surface area contributed by atoms with Crippen LogP contribution in [-0.4, -0.2) is 26.6 Å². The van der Waals surface area contributed by atoms with Crippen molar-refractivity contribution in [2.24, 2.45) is 0 Å². The van der Waals surface area contributed by atoms with Gasteiger partial charge in [-0.3, -0.25) is 9.89 Å². The predicted octanol–water partition coefficient (Wildman–Crippen LogP) is 6.09. The van der Waals surface area contributed by atoms with Crippen LogP contribution < -0.4 is 5.32 Å². The Kier molecular flexibility index (Phi) is 6.27. The smallest absolute Gasteiger partial charge is 0.331 e. The zero-order chi connectivity index (χ0) is 22.2. The first-order valence-corrected chi connectivity index (χ1v) is 11.7. The highest BCUT2D eigenvalue weighted by atomic mass is 35.5. The summed E-state index contributed by atoms with van der Waals surface area (Å²) < 4.78 is 40.9. The van der Waals surface area contributed by atoms with Gasteiger partial charge in [0.15, 0.2) is 0 Å². The van der Waals surface area contributed by atoms with E-state index in [2.05, 4.69) is 15.5 Å². The Hall–Kier alpha value is -2.10. The molecule has 0 spiro atoms. The molecule has 31 heavy (non-hydrogen) atoms. The Bertz CT molecular complexity index is 1180. The number of rotatable bonds is 5. The van der Waals surface area contributed by atoms with Crippen molar-refractivity contribution in [1.82, 2.24) is 15.5 Å². The molecule has 0 aliphatic carbocycles. The van der Waals surface area contributed by atoms with Crippen molar-refractivity contribution in [1.29, 1.82) is 0 Å². The average Bonchev–Trinajstić information content (AvgIpc) is 3.32. The molecule has 162 valence electrons. The fourth-order valence-corrected chi connectivity index (χ4v) is 5.91. The maximum absolute atomic E-state index is 13.7. The van der Waals surface area contributed by atoms with Gasteiger partial charge in [0.05, 0.1) is 22.2 Å². The maximum Gasteiger partial charge on any atom is 0.416 e. The highest BCUT2D eigenvalue weighted by molar-refractivity contribution is 8.19. The number of H-pyrrole nitrogens is 1. The van der Waals surface area contributed by atoms with Gasteiger partial charge in [-0.05, 0) is 53.1 Å². The molecule has 2 aromatic carbocycles. The van der Waals surface area contributed by atoms with E-state index < -0.39 is 11.7 Å². The highest BCUT2D eigenvalue weighted by Gasteiger charge is 2.35. The number of benzene rings is 2. The maximum atomic E-state index is 13.7. The molecule has 1 aliphatic heterocycles. The molecule has 2 heterocycles. The monoisotopic (exact) mass is 483 g/mol. The molecule has 0 radical (unpaired) electrons. The van der Waals surface area contributed by atoms with Crippen molar-refractivity contribution >= 4 is 57.5 Å². The van der Waals surface area contributed by atoms with Gasteiger partial charge in [-0.1, -0.05) is 42.4 Å². The lowest BCUT2D eigenvalue weighted by Gasteiger charge is -2.16. The van der Waals surface area contributed by atoms with Gasteiger partial charge in [0.25, 0.3) is 5.91 Å². The van der Waals surface area contributed by atoms with Crippen LogP contribution in [-0.2, 0) is 17.4 Å². The molecule has 1 atom stereocenters. The van der Waals surface area contributed by atoms with Crippen molar-refractivity contribution in [2.45, 2.75) is 24.2 Å². The van der Waals surface area contributed by atoms with Gasteiger partial charge in [0.2, 0.25) is 0 Å². The third kappa shape index (κ3) is 4.73. The Morgan fingerprint density at radius 1 is 1.26 bits per heavy atom. The van der Waals surface area contributed by atoms with Gasteiger partial charge in [0, 0.05) is 10.4 Å². The lowest BCUT2D eigenvalue weighted by molar-refractivity contribution is -0.138.